The van der Waals surface area contributed by atoms with Crippen LogP contribution in [0.4, 0.5) is 10.1 Å². The van der Waals surface area contributed by atoms with E-state index in [2.05, 4.69) is 31.8 Å². The van der Waals surface area contributed by atoms with Crippen LogP contribution in [0.25, 0.3) is 0 Å². The molecule has 0 saturated carbocycles. The minimum absolute atomic E-state index is 0.0999. The van der Waals surface area contributed by atoms with Crippen molar-refractivity contribution in [1.82, 2.24) is 5.43 Å². The van der Waals surface area contributed by atoms with Gasteiger partial charge in [0.2, 0.25) is 0 Å². The van der Waals surface area contributed by atoms with Crippen LogP contribution in [0.1, 0.15) is 15.9 Å². The molecular formula is C22H17BrFN3O3. The van der Waals surface area contributed by atoms with Gasteiger partial charge in [-0.3, -0.25) is 9.59 Å². The van der Waals surface area contributed by atoms with E-state index in [1.54, 1.807) is 60.7 Å². The SMILES string of the molecule is O=C(COc1ccc(C=NNC(=O)c2ccc(Br)cc2)cc1)Nc1ccccc1F. The van der Waals surface area contributed by atoms with Crippen LogP contribution in [0.2, 0.25) is 0 Å². The van der Waals surface area contributed by atoms with E-state index in [-0.39, 0.29) is 18.2 Å². The first kappa shape index (κ1) is 21.2. The molecule has 6 nitrogen and oxygen atoms in total. The Balaban J connectivity index is 1.47. The van der Waals surface area contributed by atoms with E-state index >= 15 is 0 Å². The highest BCUT2D eigenvalue weighted by Crippen LogP contribution is 2.14. The van der Waals surface area contributed by atoms with Gasteiger partial charge in [-0.1, -0.05) is 28.1 Å². The number of hydrogen-bond acceptors (Lipinski definition) is 4. The van der Waals surface area contributed by atoms with Gasteiger partial charge < -0.3 is 10.1 Å². The second kappa shape index (κ2) is 10.3. The molecule has 0 atom stereocenters. The molecule has 0 bridgehead atoms. The molecular weight excluding hydrogens is 453 g/mol. The number of anilines is 1. The Hall–Kier alpha value is -3.52. The van der Waals surface area contributed by atoms with Gasteiger partial charge in [0.15, 0.2) is 6.61 Å². The number of rotatable bonds is 7. The lowest BCUT2D eigenvalue weighted by atomic mass is 10.2. The summed E-state index contributed by atoms with van der Waals surface area (Å²) in [6.45, 7) is -0.259. The summed E-state index contributed by atoms with van der Waals surface area (Å²) in [6, 6.07) is 19.6. The molecule has 0 unspecified atom stereocenters. The Morgan fingerprint density at radius 2 is 1.70 bits per heavy atom. The predicted octanol–water partition coefficient (Wildman–Crippen LogP) is 4.37. The van der Waals surface area contributed by atoms with E-state index in [0.717, 1.165) is 10.0 Å². The summed E-state index contributed by atoms with van der Waals surface area (Å²) in [5.74, 6) is -0.836. The zero-order chi connectivity index (χ0) is 21.3. The van der Waals surface area contributed by atoms with E-state index < -0.39 is 11.7 Å². The van der Waals surface area contributed by atoms with Gasteiger partial charge >= 0.3 is 0 Å². The normalized spacial score (nSPS) is 10.6. The molecule has 0 aromatic heterocycles. The lowest BCUT2D eigenvalue weighted by Crippen LogP contribution is -2.20. The third-order valence-electron chi connectivity index (χ3n) is 3.88. The van der Waals surface area contributed by atoms with E-state index in [1.807, 2.05) is 0 Å². The molecule has 152 valence electrons. The van der Waals surface area contributed by atoms with Crippen LogP contribution in [0.15, 0.2) is 82.4 Å². The molecule has 0 heterocycles. The largest absolute Gasteiger partial charge is 0.484 e. The Labute approximate surface area is 180 Å². The molecule has 0 aliphatic rings. The summed E-state index contributed by atoms with van der Waals surface area (Å²) in [5, 5.41) is 6.37. The van der Waals surface area contributed by atoms with Crippen LogP contribution in [-0.2, 0) is 4.79 Å². The summed E-state index contributed by atoms with van der Waals surface area (Å²) < 4.78 is 19.8. The van der Waals surface area contributed by atoms with Crippen molar-refractivity contribution in [2.75, 3.05) is 11.9 Å². The molecule has 3 rings (SSSR count). The number of hydrazone groups is 1. The predicted molar refractivity (Wildman–Crippen MR) is 116 cm³/mol. The highest BCUT2D eigenvalue weighted by Gasteiger charge is 2.07. The third-order valence-corrected chi connectivity index (χ3v) is 4.41. The Kier molecular flexibility index (Phi) is 7.29. The maximum absolute atomic E-state index is 13.5. The van der Waals surface area contributed by atoms with Crippen molar-refractivity contribution in [1.29, 1.82) is 0 Å². The number of benzene rings is 3. The molecule has 0 radical (unpaired) electrons. The summed E-state index contributed by atoms with van der Waals surface area (Å²) in [4.78, 5) is 23.9. The molecule has 0 saturated heterocycles. The number of hydrogen-bond donors (Lipinski definition) is 2. The van der Waals surface area contributed by atoms with Crippen molar-refractivity contribution in [3.63, 3.8) is 0 Å². The second-order valence-corrected chi connectivity index (χ2v) is 7.01. The number of carbonyl (C=O) groups excluding carboxylic acids is 2. The molecule has 0 aliphatic carbocycles. The monoisotopic (exact) mass is 469 g/mol. The Morgan fingerprint density at radius 3 is 2.40 bits per heavy atom. The standard InChI is InChI=1S/C22H17BrFN3O3/c23-17-9-7-16(8-10-17)22(29)27-25-13-15-5-11-18(12-6-15)30-14-21(28)26-20-4-2-1-3-19(20)24/h1-13H,14H2,(H,26,28)(H,27,29). The maximum atomic E-state index is 13.5. The molecule has 0 spiro atoms. The number of halogens is 2. The van der Waals surface area contributed by atoms with Gasteiger partial charge in [0.05, 0.1) is 11.9 Å². The molecule has 3 aromatic carbocycles. The van der Waals surface area contributed by atoms with Crippen LogP contribution in [-0.4, -0.2) is 24.6 Å². The Morgan fingerprint density at radius 1 is 1.00 bits per heavy atom. The minimum atomic E-state index is -0.512. The van der Waals surface area contributed by atoms with E-state index in [0.29, 0.717) is 11.3 Å². The highest BCUT2D eigenvalue weighted by atomic mass is 79.9. The van der Waals surface area contributed by atoms with Gasteiger partial charge in [-0.2, -0.15) is 5.10 Å². The van der Waals surface area contributed by atoms with E-state index in [9.17, 15) is 14.0 Å². The van der Waals surface area contributed by atoms with E-state index in [4.69, 9.17) is 4.74 Å². The summed E-state index contributed by atoms with van der Waals surface area (Å²) in [5.41, 5.74) is 3.77. The van der Waals surface area contributed by atoms with Gasteiger partial charge in [0.1, 0.15) is 11.6 Å². The third kappa shape index (κ3) is 6.25. The molecule has 8 heteroatoms. The van der Waals surface area contributed by atoms with Crippen molar-refractivity contribution in [2.45, 2.75) is 0 Å². The molecule has 2 N–H and O–H groups in total. The van der Waals surface area contributed by atoms with Crippen molar-refractivity contribution < 1.29 is 18.7 Å². The lowest BCUT2D eigenvalue weighted by Gasteiger charge is -2.08. The fraction of sp³-hybridized carbons (Fsp3) is 0.0455. The van der Waals surface area contributed by atoms with Gasteiger partial charge in [-0.05, 0) is 66.2 Å². The van der Waals surface area contributed by atoms with Crippen LogP contribution in [0, 0.1) is 5.82 Å². The number of para-hydroxylation sites is 1. The quantitative estimate of drug-likeness (QED) is 0.398. The van der Waals surface area contributed by atoms with Crippen LogP contribution < -0.4 is 15.5 Å². The zero-order valence-corrected chi connectivity index (χ0v) is 17.2. The summed E-state index contributed by atoms with van der Waals surface area (Å²) >= 11 is 3.31. The van der Waals surface area contributed by atoms with Crippen molar-refractivity contribution in [2.24, 2.45) is 5.10 Å². The van der Waals surface area contributed by atoms with Crippen LogP contribution in [0.3, 0.4) is 0 Å². The molecule has 30 heavy (non-hydrogen) atoms. The first-order chi connectivity index (χ1) is 14.5. The van der Waals surface area contributed by atoms with Crippen molar-refractivity contribution in [3.8, 4) is 5.75 Å². The number of amides is 2. The fourth-order valence-corrected chi connectivity index (χ4v) is 2.64. The molecule has 2 amide bonds. The average molecular weight is 470 g/mol. The summed E-state index contributed by atoms with van der Waals surface area (Å²) in [7, 11) is 0. The second-order valence-electron chi connectivity index (χ2n) is 6.09. The molecule has 3 aromatic rings. The van der Waals surface area contributed by atoms with Gasteiger partial charge in [-0.25, -0.2) is 9.82 Å². The average Bonchev–Trinajstić information content (AvgIpc) is 2.75. The van der Waals surface area contributed by atoms with Crippen LogP contribution >= 0.6 is 15.9 Å². The zero-order valence-electron chi connectivity index (χ0n) is 15.6. The number of ether oxygens (including phenoxy) is 1. The first-order valence-electron chi connectivity index (χ1n) is 8.87. The minimum Gasteiger partial charge on any atom is -0.484 e. The smallest absolute Gasteiger partial charge is 0.271 e. The Bertz CT molecular complexity index is 1050. The molecule has 0 aliphatic heterocycles. The summed E-state index contributed by atoms with van der Waals surface area (Å²) in [6.07, 6.45) is 1.49. The van der Waals surface area contributed by atoms with Gasteiger partial charge in [0, 0.05) is 10.0 Å². The van der Waals surface area contributed by atoms with Gasteiger partial charge in [-0.15, -0.1) is 0 Å². The lowest BCUT2D eigenvalue weighted by molar-refractivity contribution is -0.118. The van der Waals surface area contributed by atoms with Crippen molar-refractivity contribution in [3.05, 3.63) is 94.2 Å². The molecule has 0 fully saturated rings. The highest BCUT2D eigenvalue weighted by molar-refractivity contribution is 9.10. The number of nitrogens with one attached hydrogen (secondary N) is 2. The first-order valence-corrected chi connectivity index (χ1v) is 9.67. The van der Waals surface area contributed by atoms with Gasteiger partial charge in [0.25, 0.3) is 11.8 Å². The maximum Gasteiger partial charge on any atom is 0.271 e. The van der Waals surface area contributed by atoms with E-state index in [1.165, 1.54) is 18.3 Å². The van der Waals surface area contributed by atoms with Crippen molar-refractivity contribution >= 4 is 39.6 Å². The van der Waals surface area contributed by atoms with Crippen LogP contribution in [0.5, 0.6) is 5.75 Å². The fourth-order valence-electron chi connectivity index (χ4n) is 2.38. The number of carbonyl (C=O) groups is 2. The topological polar surface area (TPSA) is 79.8 Å². The number of nitrogens with zero attached hydrogens (tertiary/aromatic N) is 1.